The van der Waals surface area contributed by atoms with Crippen LogP contribution in [0, 0.1) is 0 Å². The zero-order valence-electron chi connectivity index (χ0n) is 14.8. The summed E-state index contributed by atoms with van der Waals surface area (Å²) < 4.78 is 24.2. The summed E-state index contributed by atoms with van der Waals surface area (Å²) in [6.07, 6.45) is 0. The highest BCUT2D eigenvalue weighted by Crippen LogP contribution is 2.23. The van der Waals surface area contributed by atoms with Gasteiger partial charge < -0.3 is 5.73 Å². The van der Waals surface area contributed by atoms with Crippen molar-refractivity contribution in [3.8, 4) is 5.69 Å². The van der Waals surface area contributed by atoms with Gasteiger partial charge in [-0.1, -0.05) is 12.1 Å². The van der Waals surface area contributed by atoms with Crippen molar-refractivity contribution in [3.63, 3.8) is 0 Å². The molecule has 0 aliphatic carbocycles. The standard InChI is InChI=1S/C18H18N4O5S/c19-16-15-13(17(24)20-18(15)25)9-14(23)22(16)12-3-1-11(2-4-12)10-21-5-7-28(26,27)8-6-21/h1-4,9H,5-8,10,19H2,(H,20,24,25). The molecule has 1 saturated heterocycles. The summed E-state index contributed by atoms with van der Waals surface area (Å²) in [5.74, 6) is -1.02. The number of sulfone groups is 1. The number of nitrogens with zero attached hydrogens (tertiary/aromatic N) is 2. The Kier molecular flexibility index (Phi) is 4.31. The second kappa shape index (κ2) is 6.57. The first-order valence-corrected chi connectivity index (χ1v) is 10.5. The van der Waals surface area contributed by atoms with Crippen LogP contribution in [0.25, 0.3) is 5.69 Å². The molecule has 0 unspecified atom stereocenters. The van der Waals surface area contributed by atoms with Crippen molar-refractivity contribution in [1.29, 1.82) is 0 Å². The minimum absolute atomic E-state index is 0.00297. The number of nitrogen functional groups attached to an aromatic ring is 1. The van der Waals surface area contributed by atoms with Gasteiger partial charge in [-0.3, -0.25) is 29.2 Å². The molecule has 0 radical (unpaired) electrons. The summed E-state index contributed by atoms with van der Waals surface area (Å²) in [7, 11) is -2.92. The van der Waals surface area contributed by atoms with Gasteiger partial charge in [0.1, 0.15) is 5.82 Å². The average molecular weight is 402 g/mol. The van der Waals surface area contributed by atoms with Crippen molar-refractivity contribution in [2.75, 3.05) is 30.3 Å². The number of nitrogens with two attached hydrogens (primary N) is 1. The number of imide groups is 1. The summed E-state index contributed by atoms with van der Waals surface area (Å²) >= 11 is 0. The molecule has 2 aliphatic rings. The van der Waals surface area contributed by atoms with Gasteiger partial charge in [-0.2, -0.15) is 0 Å². The molecule has 2 amide bonds. The molecule has 1 aromatic heterocycles. The number of benzene rings is 1. The normalized spacial score (nSPS) is 18.7. The van der Waals surface area contributed by atoms with Gasteiger partial charge in [-0.15, -0.1) is 0 Å². The van der Waals surface area contributed by atoms with Crippen LogP contribution >= 0.6 is 0 Å². The van der Waals surface area contributed by atoms with E-state index in [0.717, 1.165) is 11.6 Å². The van der Waals surface area contributed by atoms with Crippen LogP contribution in [0.1, 0.15) is 26.3 Å². The highest BCUT2D eigenvalue weighted by Gasteiger charge is 2.31. The second-order valence-corrected chi connectivity index (χ2v) is 9.17. The molecule has 0 saturated carbocycles. The summed E-state index contributed by atoms with van der Waals surface area (Å²) in [5.41, 5.74) is 6.94. The summed E-state index contributed by atoms with van der Waals surface area (Å²) in [5, 5.41) is 2.13. The molecular formula is C18H18N4O5S. The van der Waals surface area contributed by atoms with E-state index < -0.39 is 27.2 Å². The number of hydrogen-bond acceptors (Lipinski definition) is 7. The third kappa shape index (κ3) is 3.20. The SMILES string of the molecule is Nc1c2c(cc(=O)n1-c1ccc(CN3CCS(=O)(=O)CC3)cc1)C(=O)NC2=O. The van der Waals surface area contributed by atoms with E-state index in [1.165, 1.54) is 4.57 Å². The highest BCUT2D eigenvalue weighted by atomic mass is 32.2. The minimum Gasteiger partial charge on any atom is -0.384 e. The molecule has 4 rings (SSSR count). The maximum atomic E-state index is 12.4. The Morgan fingerprint density at radius 2 is 1.64 bits per heavy atom. The van der Waals surface area contributed by atoms with Crippen molar-refractivity contribution in [2.45, 2.75) is 6.54 Å². The number of nitrogens with one attached hydrogen (secondary N) is 1. The molecule has 0 spiro atoms. The number of amides is 2. The predicted octanol–water partition coefficient (Wildman–Crippen LogP) is -0.466. The first-order valence-electron chi connectivity index (χ1n) is 8.68. The Hall–Kier alpha value is -2.98. The molecule has 28 heavy (non-hydrogen) atoms. The van der Waals surface area contributed by atoms with Gasteiger partial charge in [0.05, 0.1) is 28.3 Å². The predicted molar refractivity (Wildman–Crippen MR) is 102 cm³/mol. The van der Waals surface area contributed by atoms with Gasteiger partial charge in [-0.05, 0) is 17.7 Å². The Morgan fingerprint density at radius 3 is 2.29 bits per heavy atom. The molecule has 1 fully saturated rings. The smallest absolute Gasteiger partial charge is 0.262 e. The van der Waals surface area contributed by atoms with Crippen LogP contribution in [0.5, 0.6) is 0 Å². The number of hydrogen-bond donors (Lipinski definition) is 2. The van der Waals surface area contributed by atoms with Crippen LogP contribution in [-0.4, -0.2) is 54.3 Å². The van der Waals surface area contributed by atoms with Crippen LogP contribution in [0.4, 0.5) is 5.82 Å². The number of aromatic nitrogens is 1. The first kappa shape index (κ1) is 18.4. The molecule has 1 aromatic carbocycles. The lowest BCUT2D eigenvalue weighted by atomic mass is 10.1. The van der Waals surface area contributed by atoms with Crippen LogP contribution in [-0.2, 0) is 16.4 Å². The molecular weight excluding hydrogens is 384 g/mol. The Bertz CT molecular complexity index is 1140. The number of anilines is 1. The lowest BCUT2D eigenvalue weighted by molar-refractivity contribution is 0.0880. The minimum atomic E-state index is -2.92. The van der Waals surface area contributed by atoms with Gasteiger partial charge in [0.2, 0.25) is 0 Å². The molecule has 0 atom stereocenters. The van der Waals surface area contributed by atoms with E-state index in [2.05, 4.69) is 10.2 Å². The van der Waals surface area contributed by atoms with E-state index >= 15 is 0 Å². The van der Waals surface area contributed by atoms with Crippen molar-refractivity contribution in [1.82, 2.24) is 14.8 Å². The van der Waals surface area contributed by atoms with Crippen LogP contribution in [0.2, 0.25) is 0 Å². The Labute approximate surface area is 160 Å². The number of carbonyl (C=O) groups is 2. The molecule has 9 nitrogen and oxygen atoms in total. The third-order valence-electron chi connectivity index (χ3n) is 4.99. The fourth-order valence-corrected chi connectivity index (χ4v) is 4.74. The first-order chi connectivity index (χ1) is 13.2. The van der Waals surface area contributed by atoms with E-state index in [-0.39, 0.29) is 28.5 Å². The number of fused-ring (bicyclic) bond motifs is 1. The van der Waals surface area contributed by atoms with Crippen molar-refractivity contribution < 1.29 is 18.0 Å². The fourth-order valence-electron chi connectivity index (χ4n) is 3.46. The molecule has 0 bridgehead atoms. The second-order valence-electron chi connectivity index (χ2n) is 6.87. The molecule has 3 N–H and O–H groups in total. The van der Waals surface area contributed by atoms with Gasteiger partial charge in [-0.25, -0.2) is 8.42 Å². The van der Waals surface area contributed by atoms with Crippen LogP contribution < -0.4 is 16.6 Å². The molecule has 3 heterocycles. The van der Waals surface area contributed by atoms with Gasteiger partial charge >= 0.3 is 0 Å². The molecule has 10 heteroatoms. The van der Waals surface area contributed by atoms with E-state index in [1.807, 2.05) is 12.1 Å². The quantitative estimate of drug-likeness (QED) is 0.664. The van der Waals surface area contributed by atoms with E-state index in [1.54, 1.807) is 12.1 Å². The van der Waals surface area contributed by atoms with Crippen molar-refractivity contribution >= 4 is 27.5 Å². The summed E-state index contributed by atoms with van der Waals surface area (Å²) in [4.78, 5) is 38.2. The van der Waals surface area contributed by atoms with Gasteiger partial charge in [0.25, 0.3) is 17.4 Å². The van der Waals surface area contributed by atoms with Crippen LogP contribution in [0.15, 0.2) is 35.1 Å². The molecule has 2 aliphatic heterocycles. The summed E-state index contributed by atoms with van der Waals surface area (Å²) in [6, 6.07) is 8.16. The Balaban J connectivity index is 1.60. The third-order valence-corrected chi connectivity index (χ3v) is 6.60. The summed E-state index contributed by atoms with van der Waals surface area (Å²) in [6.45, 7) is 1.58. The monoisotopic (exact) mass is 402 g/mol. The highest BCUT2D eigenvalue weighted by molar-refractivity contribution is 7.91. The average Bonchev–Trinajstić information content (AvgIpc) is 2.92. The molecule has 146 valence electrons. The van der Waals surface area contributed by atoms with Gasteiger partial charge in [0.15, 0.2) is 9.84 Å². The zero-order chi connectivity index (χ0) is 20.1. The topological polar surface area (TPSA) is 132 Å². The van der Waals surface area contributed by atoms with Crippen molar-refractivity contribution in [2.24, 2.45) is 0 Å². The van der Waals surface area contributed by atoms with Crippen LogP contribution in [0.3, 0.4) is 0 Å². The Morgan fingerprint density at radius 1 is 1.00 bits per heavy atom. The number of rotatable bonds is 3. The largest absolute Gasteiger partial charge is 0.384 e. The lowest BCUT2D eigenvalue weighted by Crippen LogP contribution is -2.39. The number of carbonyl (C=O) groups excluding carboxylic acids is 2. The van der Waals surface area contributed by atoms with E-state index in [4.69, 9.17) is 5.73 Å². The van der Waals surface area contributed by atoms with E-state index in [0.29, 0.717) is 25.3 Å². The number of pyridine rings is 1. The maximum absolute atomic E-state index is 12.4. The van der Waals surface area contributed by atoms with Gasteiger partial charge in [0, 0.05) is 25.7 Å². The maximum Gasteiger partial charge on any atom is 0.262 e. The fraction of sp³-hybridized carbons (Fsp3) is 0.278. The van der Waals surface area contributed by atoms with E-state index in [9.17, 15) is 22.8 Å². The zero-order valence-corrected chi connectivity index (χ0v) is 15.7. The molecule has 2 aromatic rings. The lowest BCUT2D eigenvalue weighted by Gasteiger charge is -2.26. The van der Waals surface area contributed by atoms with Crippen molar-refractivity contribution in [3.05, 3.63) is 57.4 Å².